The third kappa shape index (κ3) is 17.6. The third-order valence-electron chi connectivity index (χ3n) is 5.02. The molecule has 1 unspecified atom stereocenters. The van der Waals surface area contributed by atoms with Gasteiger partial charge in [-0.3, -0.25) is 9.68 Å². The summed E-state index contributed by atoms with van der Waals surface area (Å²) in [5.41, 5.74) is 0. The molecule has 5 nitrogen and oxygen atoms in total. The average molecular weight is 402 g/mol. The van der Waals surface area contributed by atoms with Crippen LogP contribution in [-0.4, -0.2) is 47.9 Å². The van der Waals surface area contributed by atoms with Crippen LogP contribution in [0, 0.1) is 0 Å². The van der Waals surface area contributed by atoms with Gasteiger partial charge in [0.15, 0.2) is 0 Å². The summed E-state index contributed by atoms with van der Waals surface area (Å²) in [6.45, 7) is 6.34. The van der Waals surface area contributed by atoms with E-state index in [0.717, 1.165) is 12.8 Å². The van der Waals surface area contributed by atoms with Crippen molar-refractivity contribution in [2.24, 2.45) is 0 Å². The maximum Gasteiger partial charge on any atom is 0.0943 e. The van der Waals surface area contributed by atoms with Gasteiger partial charge in [0.25, 0.3) is 0 Å². The van der Waals surface area contributed by atoms with E-state index in [1.54, 1.807) is 6.08 Å². The largest absolute Gasteiger partial charge is 0.394 e. The first-order valence-corrected chi connectivity index (χ1v) is 11.7. The van der Waals surface area contributed by atoms with E-state index in [4.69, 9.17) is 19.9 Å². The SMILES string of the molecule is C=CC(CCCCCCCCCCCCCCCC)N(OCCO)OCCO. The molecule has 0 aliphatic heterocycles. The lowest BCUT2D eigenvalue weighted by Crippen LogP contribution is -2.35. The van der Waals surface area contributed by atoms with Crippen LogP contribution in [0.2, 0.25) is 0 Å². The number of rotatable bonds is 23. The van der Waals surface area contributed by atoms with Crippen LogP contribution in [0.3, 0.4) is 0 Å². The lowest BCUT2D eigenvalue weighted by atomic mass is 10.0. The predicted octanol–water partition coefficient (Wildman–Crippen LogP) is 5.56. The fourth-order valence-corrected chi connectivity index (χ4v) is 3.35. The second kappa shape index (κ2) is 22.8. The molecule has 2 N–H and O–H groups in total. The molecular weight excluding hydrogens is 354 g/mol. The molecule has 0 aromatic heterocycles. The maximum atomic E-state index is 8.92. The molecule has 0 aromatic carbocycles. The van der Waals surface area contributed by atoms with Gasteiger partial charge in [0, 0.05) is 0 Å². The van der Waals surface area contributed by atoms with Gasteiger partial charge >= 0.3 is 0 Å². The molecule has 0 amide bonds. The van der Waals surface area contributed by atoms with Crippen LogP contribution in [-0.2, 0) is 9.68 Å². The van der Waals surface area contributed by atoms with Crippen LogP contribution in [0.25, 0.3) is 0 Å². The fraction of sp³-hybridized carbons (Fsp3) is 0.913. The highest BCUT2D eigenvalue weighted by molar-refractivity contribution is 4.82. The Morgan fingerprint density at radius 1 is 0.714 bits per heavy atom. The van der Waals surface area contributed by atoms with E-state index in [2.05, 4.69) is 13.5 Å². The Kier molecular flexibility index (Phi) is 22.5. The minimum atomic E-state index is -0.0678. The molecule has 5 heteroatoms. The number of aliphatic hydroxyl groups excluding tert-OH is 2. The molecule has 168 valence electrons. The van der Waals surface area contributed by atoms with Crippen molar-refractivity contribution in [1.29, 1.82) is 0 Å². The van der Waals surface area contributed by atoms with Gasteiger partial charge in [0.1, 0.15) is 0 Å². The van der Waals surface area contributed by atoms with E-state index in [1.165, 1.54) is 88.7 Å². The van der Waals surface area contributed by atoms with E-state index in [0.29, 0.717) is 0 Å². The van der Waals surface area contributed by atoms with E-state index in [-0.39, 0.29) is 32.5 Å². The first-order chi connectivity index (χ1) is 13.8. The van der Waals surface area contributed by atoms with Crippen LogP contribution in [0.5, 0.6) is 0 Å². The normalized spacial score (nSPS) is 12.6. The summed E-state index contributed by atoms with van der Waals surface area (Å²) in [5, 5.41) is 19.2. The Morgan fingerprint density at radius 3 is 1.46 bits per heavy atom. The lowest BCUT2D eigenvalue weighted by molar-refractivity contribution is -0.385. The number of hydrogen-bond acceptors (Lipinski definition) is 5. The molecule has 0 fully saturated rings. The van der Waals surface area contributed by atoms with Crippen LogP contribution < -0.4 is 0 Å². The Hall–Kier alpha value is -0.460. The van der Waals surface area contributed by atoms with E-state index in [1.807, 2.05) is 0 Å². The summed E-state index contributed by atoms with van der Waals surface area (Å²) in [7, 11) is 0. The summed E-state index contributed by atoms with van der Waals surface area (Å²) in [4.78, 5) is 10.8. The molecule has 1 atom stereocenters. The van der Waals surface area contributed by atoms with Crippen molar-refractivity contribution in [3.63, 3.8) is 0 Å². The highest BCUT2D eigenvalue weighted by Crippen LogP contribution is 2.16. The lowest BCUT2D eigenvalue weighted by Gasteiger charge is -2.27. The second-order valence-corrected chi connectivity index (χ2v) is 7.59. The van der Waals surface area contributed by atoms with Crippen LogP contribution in [0.4, 0.5) is 0 Å². The molecule has 0 radical (unpaired) electrons. The molecule has 0 spiro atoms. The van der Waals surface area contributed by atoms with Crippen LogP contribution in [0.15, 0.2) is 12.7 Å². The highest BCUT2D eigenvalue weighted by Gasteiger charge is 2.17. The van der Waals surface area contributed by atoms with Crippen molar-refractivity contribution in [3.8, 4) is 0 Å². The van der Waals surface area contributed by atoms with Crippen molar-refractivity contribution in [2.75, 3.05) is 26.4 Å². The second-order valence-electron chi connectivity index (χ2n) is 7.59. The van der Waals surface area contributed by atoms with Gasteiger partial charge in [-0.2, -0.15) is 0 Å². The maximum absolute atomic E-state index is 8.92. The van der Waals surface area contributed by atoms with Crippen molar-refractivity contribution in [3.05, 3.63) is 12.7 Å². The van der Waals surface area contributed by atoms with E-state index in [9.17, 15) is 0 Å². The molecule has 0 aromatic rings. The molecular formula is C23H47NO4. The minimum Gasteiger partial charge on any atom is -0.394 e. The van der Waals surface area contributed by atoms with E-state index < -0.39 is 0 Å². The monoisotopic (exact) mass is 401 g/mol. The summed E-state index contributed by atoms with van der Waals surface area (Å²) >= 11 is 0. The summed E-state index contributed by atoms with van der Waals surface area (Å²) < 4.78 is 0. The van der Waals surface area contributed by atoms with Gasteiger partial charge in [0.05, 0.1) is 32.5 Å². The van der Waals surface area contributed by atoms with Gasteiger partial charge < -0.3 is 10.2 Å². The molecule has 0 bridgehead atoms. The standard InChI is InChI=1S/C23H47NO4/c1-3-5-6-7-8-9-10-11-12-13-14-15-16-17-18-23(4-2)24(27-21-19-25)28-22-20-26/h4,23,25-26H,2-3,5-22H2,1H3. The van der Waals surface area contributed by atoms with Crippen LogP contribution in [0.1, 0.15) is 103 Å². The van der Waals surface area contributed by atoms with Crippen molar-refractivity contribution in [1.82, 2.24) is 5.23 Å². The third-order valence-corrected chi connectivity index (χ3v) is 5.02. The number of unbranched alkanes of at least 4 members (excludes halogenated alkanes) is 13. The van der Waals surface area contributed by atoms with Gasteiger partial charge in [-0.15, -0.1) is 6.58 Å². The first-order valence-electron chi connectivity index (χ1n) is 11.7. The molecule has 0 aliphatic carbocycles. The Morgan fingerprint density at radius 2 is 1.11 bits per heavy atom. The number of nitrogens with zero attached hydrogens (tertiary/aromatic N) is 1. The summed E-state index contributed by atoms with van der Waals surface area (Å²) in [5.74, 6) is 0. The summed E-state index contributed by atoms with van der Waals surface area (Å²) in [6.07, 6.45) is 21.5. The number of aliphatic hydroxyl groups is 2. The van der Waals surface area contributed by atoms with Gasteiger partial charge in [-0.05, 0) is 6.42 Å². The van der Waals surface area contributed by atoms with Gasteiger partial charge in [0.2, 0.25) is 0 Å². The molecule has 0 saturated carbocycles. The molecule has 28 heavy (non-hydrogen) atoms. The number of hydrogen-bond donors (Lipinski definition) is 2. The minimum absolute atomic E-state index is 0.0598. The van der Waals surface area contributed by atoms with E-state index >= 15 is 0 Å². The molecule has 0 saturated heterocycles. The molecule has 0 heterocycles. The zero-order valence-electron chi connectivity index (χ0n) is 18.5. The quantitative estimate of drug-likeness (QED) is 0.133. The molecule has 0 aliphatic rings. The van der Waals surface area contributed by atoms with Gasteiger partial charge in [-0.1, -0.05) is 108 Å². The van der Waals surface area contributed by atoms with Gasteiger partial charge in [-0.25, -0.2) is 0 Å². The predicted molar refractivity (Wildman–Crippen MR) is 117 cm³/mol. The smallest absolute Gasteiger partial charge is 0.0943 e. The highest BCUT2D eigenvalue weighted by atomic mass is 17.0. The Bertz CT molecular complexity index is 307. The topological polar surface area (TPSA) is 62.2 Å². The number of hydroxylamine groups is 2. The van der Waals surface area contributed by atoms with Crippen molar-refractivity contribution in [2.45, 2.75) is 109 Å². The molecule has 0 rings (SSSR count). The Labute approximate surface area is 174 Å². The zero-order valence-corrected chi connectivity index (χ0v) is 18.5. The van der Waals surface area contributed by atoms with Crippen LogP contribution >= 0.6 is 0 Å². The van der Waals surface area contributed by atoms with Crippen molar-refractivity contribution >= 4 is 0 Å². The van der Waals surface area contributed by atoms with Crippen molar-refractivity contribution < 1.29 is 19.9 Å². The first kappa shape index (κ1) is 27.5. The average Bonchev–Trinajstić information content (AvgIpc) is 2.72. The summed E-state index contributed by atoms with van der Waals surface area (Å²) in [6, 6.07) is -0.0598. The Balaban J connectivity index is 3.58. The zero-order chi connectivity index (χ0) is 20.7. The fourth-order valence-electron chi connectivity index (χ4n) is 3.35.